The molecule has 19 heavy (non-hydrogen) atoms. The molecule has 0 aromatic heterocycles. The van der Waals surface area contributed by atoms with Gasteiger partial charge >= 0.3 is 0 Å². The van der Waals surface area contributed by atoms with Crippen LogP contribution >= 0.6 is 28.3 Å². The Balaban J connectivity index is 0.00000324. The minimum absolute atomic E-state index is 0. The van der Waals surface area contributed by atoms with Gasteiger partial charge in [0.05, 0.1) is 4.90 Å². The molecule has 0 saturated carbocycles. The van der Waals surface area contributed by atoms with Crippen LogP contribution in [0.1, 0.15) is 18.9 Å². The summed E-state index contributed by atoms with van der Waals surface area (Å²) < 4.78 is 27.3. The van der Waals surface area contributed by atoms with Crippen molar-refractivity contribution in [3.63, 3.8) is 0 Å². The normalized spacial score (nSPS) is 11.1. The zero-order valence-electron chi connectivity index (χ0n) is 11.1. The van der Waals surface area contributed by atoms with E-state index in [-0.39, 0.29) is 17.3 Å². The van der Waals surface area contributed by atoms with Crippen molar-refractivity contribution in [1.82, 2.24) is 10.0 Å². The maximum absolute atomic E-state index is 12.1. The Hall–Kier alpha value is -0.140. The van der Waals surface area contributed by atoms with Gasteiger partial charge in [0.25, 0.3) is 0 Å². The number of sulfonamides is 1. The standard InChI is InChI=1S/C12H19BrN2O2S.ClH/c1-3-7-14-8-9-15-18(16,17)11-6-4-5-10(2)12(11)13;/h4-6,14-15H,3,7-9H2,1-2H3;1H. The van der Waals surface area contributed by atoms with Gasteiger partial charge in [-0.1, -0.05) is 19.1 Å². The van der Waals surface area contributed by atoms with E-state index < -0.39 is 10.0 Å². The number of hydrogen-bond acceptors (Lipinski definition) is 3. The maximum Gasteiger partial charge on any atom is 0.241 e. The monoisotopic (exact) mass is 370 g/mol. The van der Waals surface area contributed by atoms with Crippen LogP contribution in [0.3, 0.4) is 0 Å². The van der Waals surface area contributed by atoms with Crippen LogP contribution in [0.5, 0.6) is 0 Å². The van der Waals surface area contributed by atoms with Crippen molar-refractivity contribution in [3.05, 3.63) is 28.2 Å². The minimum Gasteiger partial charge on any atom is -0.315 e. The summed E-state index contributed by atoms with van der Waals surface area (Å²) in [7, 11) is -3.44. The van der Waals surface area contributed by atoms with E-state index in [1.807, 2.05) is 13.0 Å². The van der Waals surface area contributed by atoms with E-state index in [9.17, 15) is 8.42 Å². The lowest BCUT2D eigenvalue weighted by Gasteiger charge is -2.10. The minimum atomic E-state index is -3.44. The van der Waals surface area contributed by atoms with Gasteiger partial charge in [-0.05, 0) is 47.4 Å². The lowest BCUT2D eigenvalue weighted by molar-refractivity contribution is 0.575. The molecule has 0 atom stereocenters. The highest BCUT2D eigenvalue weighted by Gasteiger charge is 2.17. The van der Waals surface area contributed by atoms with Gasteiger partial charge < -0.3 is 5.32 Å². The van der Waals surface area contributed by atoms with Gasteiger partial charge in [0.1, 0.15) is 0 Å². The summed E-state index contributed by atoms with van der Waals surface area (Å²) in [4.78, 5) is 0.290. The van der Waals surface area contributed by atoms with E-state index in [4.69, 9.17) is 0 Å². The van der Waals surface area contributed by atoms with Crippen molar-refractivity contribution in [2.75, 3.05) is 19.6 Å². The summed E-state index contributed by atoms with van der Waals surface area (Å²) in [5, 5.41) is 3.15. The molecular formula is C12H20BrClN2O2S. The van der Waals surface area contributed by atoms with Crippen LogP contribution in [0.15, 0.2) is 27.6 Å². The molecule has 0 spiro atoms. The van der Waals surface area contributed by atoms with Crippen molar-refractivity contribution in [1.29, 1.82) is 0 Å². The fourth-order valence-electron chi connectivity index (χ4n) is 1.48. The highest BCUT2D eigenvalue weighted by molar-refractivity contribution is 9.10. The Kier molecular flexibility index (Phi) is 8.85. The number of aryl methyl sites for hydroxylation is 1. The Morgan fingerprint density at radius 1 is 1.21 bits per heavy atom. The van der Waals surface area contributed by atoms with Crippen LogP contribution in [0.4, 0.5) is 0 Å². The molecule has 1 rings (SSSR count). The third-order valence-electron chi connectivity index (χ3n) is 2.47. The van der Waals surface area contributed by atoms with Gasteiger partial charge in [-0.3, -0.25) is 0 Å². The van der Waals surface area contributed by atoms with E-state index in [0.717, 1.165) is 18.5 Å². The molecule has 0 saturated heterocycles. The van der Waals surface area contributed by atoms with Crippen LogP contribution in [0.2, 0.25) is 0 Å². The van der Waals surface area contributed by atoms with Crippen LogP contribution in [-0.4, -0.2) is 28.1 Å². The van der Waals surface area contributed by atoms with Crippen molar-refractivity contribution in [2.24, 2.45) is 0 Å². The molecule has 7 heteroatoms. The lowest BCUT2D eigenvalue weighted by atomic mass is 10.2. The zero-order valence-corrected chi connectivity index (χ0v) is 14.3. The first-order valence-electron chi connectivity index (χ1n) is 5.94. The fourth-order valence-corrected chi connectivity index (χ4v) is 3.57. The summed E-state index contributed by atoms with van der Waals surface area (Å²) >= 11 is 3.32. The van der Waals surface area contributed by atoms with Crippen LogP contribution < -0.4 is 10.0 Å². The van der Waals surface area contributed by atoms with E-state index in [0.29, 0.717) is 17.6 Å². The molecule has 110 valence electrons. The third-order valence-corrected chi connectivity index (χ3v) is 5.28. The Bertz CT molecular complexity index is 495. The predicted octanol–water partition coefficient (Wildman–Crippen LogP) is 2.46. The van der Waals surface area contributed by atoms with E-state index in [2.05, 4.69) is 32.9 Å². The second-order valence-electron chi connectivity index (χ2n) is 4.03. The second-order valence-corrected chi connectivity index (χ2v) is 6.56. The summed E-state index contributed by atoms with van der Waals surface area (Å²) in [6, 6.07) is 5.20. The van der Waals surface area contributed by atoms with Gasteiger partial charge in [0.15, 0.2) is 0 Å². The van der Waals surface area contributed by atoms with Crippen molar-refractivity contribution >= 4 is 38.4 Å². The molecular weight excluding hydrogens is 352 g/mol. The first-order chi connectivity index (χ1) is 8.49. The lowest BCUT2D eigenvalue weighted by Crippen LogP contribution is -2.32. The van der Waals surface area contributed by atoms with Crippen molar-refractivity contribution < 1.29 is 8.42 Å². The third kappa shape index (κ3) is 5.79. The smallest absolute Gasteiger partial charge is 0.241 e. The van der Waals surface area contributed by atoms with Gasteiger partial charge in [0, 0.05) is 17.6 Å². The van der Waals surface area contributed by atoms with Gasteiger partial charge in [-0.2, -0.15) is 0 Å². The fraction of sp³-hybridized carbons (Fsp3) is 0.500. The van der Waals surface area contributed by atoms with Gasteiger partial charge in [-0.15, -0.1) is 12.4 Å². The van der Waals surface area contributed by atoms with Crippen LogP contribution in [-0.2, 0) is 10.0 Å². The molecule has 0 bridgehead atoms. The van der Waals surface area contributed by atoms with Gasteiger partial charge in [0.2, 0.25) is 10.0 Å². The van der Waals surface area contributed by atoms with E-state index in [1.54, 1.807) is 12.1 Å². The second kappa shape index (κ2) is 8.92. The molecule has 2 N–H and O–H groups in total. The molecule has 4 nitrogen and oxygen atoms in total. The van der Waals surface area contributed by atoms with Gasteiger partial charge in [-0.25, -0.2) is 13.1 Å². The Morgan fingerprint density at radius 3 is 2.53 bits per heavy atom. The Labute approximate surface area is 130 Å². The number of benzene rings is 1. The highest BCUT2D eigenvalue weighted by Crippen LogP contribution is 2.24. The topological polar surface area (TPSA) is 58.2 Å². The average Bonchev–Trinajstić information content (AvgIpc) is 2.32. The predicted molar refractivity (Wildman–Crippen MR) is 84.5 cm³/mol. The summed E-state index contributed by atoms with van der Waals surface area (Å²) in [6.45, 7) is 5.86. The summed E-state index contributed by atoms with van der Waals surface area (Å²) in [6.07, 6.45) is 1.04. The van der Waals surface area contributed by atoms with Crippen LogP contribution in [0, 0.1) is 6.92 Å². The zero-order chi connectivity index (χ0) is 13.6. The molecule has 0 heterocycles. The van der Waals surface area contributed by atoms with Crippen LogP contribution in [0.25, 0.3) is 0 Å². The number of nitrogens with one attached hydrogen (secondary N) is 2. The van der Waals surface area contributed by atoms with E-state index in [1.165, 1.54) is 0 Å². The molecule has 0 unspecified atom stereocenters. The largest absolute Gasteiger partial charge is 0.315 e. The summed E-state index contributed by atoms with van der Waals surface area (Å²) in [5.74, 6) is 0. The molecule has 0 aliphatic carbocycles. The Morgan fingerprint density at radius 2 is 1.89 bits per heavy atom. The molecule has 0 fully saturated rings. The highest BCUT2D eigenvalue weighted by atomic mass is 79.9. The molecule has 0 aliphatic heterocycles. The molecule has 0 radical (unpaired) electrons. The molecule has 1 aromatic carbocycles. The molecule has 0 amide bonds. The maximum atomic E-state index is 12.1. The average molecular weight is 372 g/mol. The van der Waals surface area contributed by atoms with Crippen molar-refractivity contribution in [2.45, 2.75) is 25.2 Å². The number of halogens is 2. The molecule has 1 aromatic rings. The molecule has 0 aliphatic rings. The first-order valence-corrected chi connectivity index (χ1v) is 8.22. The number of hydrogen-bond donors (Lipinski definition) is 2. The number of rotatable bonds is 7. The quantitative estimate of drug-likeness (QED) is 0.724. The first kappa shape index (κ1) is 18.9. The SMILES string of the molecule is CCCNCCNS(=O)(=O)c1cccc(C)c1Br.Cl. The summed E-state index contributed by atoms with van der Waals surface area (Å²) in [5.41, 5.74) is 0.905. The van der Waals surface area contributed by atoms with E-state index >= 15 is 0 Å². The van der Waals surface area contributed by atoms with Crippen molar-refractivity contribution in [3.8, 4) is 0 Å².